The SMILES string of the molecule is C.C.C.C.CC(C)(C)OC(=O)NCCN.CC(C)(C)OC(=O)NCCNC(=O)c1cncc(-c2cnc(Nc3ncccc3Cl)s2)c1.NCCNC(=O)c1cncc(-c2cnc(Nc3ncccc3Cl)s2)c1.Nc1ncccc1Cl.O=C(O)c1cncc(-c2cnc(Cl)s2)c1.O=C(O)c1cncc(-c2cnc(Nc3ncccc3Cl)s2)c1. The molecule has 0 unspecified atom stereocenters. The Hall–Kier alpha value is -11.3. The predicted molar refractivity (Wildman–Crippen MR) is 470 cm³/mol. The zero-order chi connectivity index (χ0) is 82.0. The lowest BCUT2D eigenvalue weighted by Gasteiger charge is -2.19. The van der Waals surface area contributed by atoms with Crippen molar-refractivity contribution >= 4 is 178 Å². The number of rotatable bonds is 21. The molecule has 12 heterocycles. The lowest BCUT2D eigenvalue weighted by molar-refractivity contribution is 0.0517. The highest BCUT2D eigenvalue weighted by Crippen LogP contribution is 2.36. The number of anilines is 7. The molecular weight excluding hydrogens is 1690 g/mol. The average Bonchev–Trinajstić information content (AvgIpc) is 1.73. The van der Waals surface area contributed by atoms with E-state index in [2.05, 4.69) is 97.0 Å². The molecule has 0 spiro atoms. The number of nitrogens with one attached hydrogen (secondary N) is 7. The first-order valence-corrected chi connectivity index (χ1v) is 38.3. The first kappa shape index (κ1) is 99.9. The van der Waals surface area contributed by atoms with E-state index in [1.54, 1.807) is 168 Å². The Morgan fingerprint density at radius 3 is 1.00 bits per heavy atom. The third-order valence-electron chi connectivity index (χ3n) is 13.2. The molecule has 32 nitrogen and oxygen atoms in total. The van der Waals surface area contributed by atoms with E-state index in [4.69, 9.17) is 94.9 Å². The summed E-state index contributed by atoms with van der Waals surface area (Å²) in [4.78, 5) is 121. The van der Waals surface area contributed by atoms with Crippen molar-refractivity contribution in [3.63, 3.8) is 0 Å². The Kier molecular flexibility index (Phi) is 42.9. The minimum atomic E-state index is -1.02. The highest BCUT2D eigenvalue weighted by atomic mass is 35.5. The largest absolute Gasteiger partial charge is 0.478 e. The molecule has 0 aliphatic rings. The molecule has 622 valence electrons. The Bertz CT molecular complexity index is 5130. The summed E-state index contributed by atoms with van der Waals surface area (Å²) in [5, 5.41) is 41.4. The van der Waals surface area contributed by atoms with Gasteiger partial charge in [0.25, 0.3) is 11.8 Å². The van der Waals surface area contributed by atoms with E-state index < -0.39 is 35.3 Å². The van der Waals surface area contributed by atoms with Crippen molar-refractivity contribution in [2.75, 3.05) is 61.0 Å². The molecule has 0 radical (unpaired) electrons. The molecule has 0 aliphatic heterocycles. The van der Waals surface area contributed by atoms with Crippen molar-refractivity contribution in [3.05, 3.63) is 219 Å². The fourth-order valence-electron chi connectivity index (χ4n) is 8.23. The smallest absolute Gasteiger partial charge is 0.407 e. The van der Waals surface area contributed by atoms with Gasteiger partial charge in [-0.1, -0.05) is 122 Å². The topological polar surface area (TPSA) is 478 Å². The van der Waals surface area contributed by atoms with Crippen LogP contribution in [0.1, 0.15) is 113 Å². The van der Waals surface area contributed by atoms with E-state index in [9.17, 15) is 28.8 Å². The maximum atomic E-state index is 12.4. The lowest BCUT2D eigenvalue weighted by Crippen LogP contribution is -2.37. The zero-order valence-electron chi connectivity index (χ0n) is 60.7. The molecule has 12 aromatic rings. The van der Waals surface area contributed by atoms with Crippen LogP contribution in [0.15, 0.2) is 172 Å². The number of hydrogen-bond donors (Lipinski definition) is 12. The standard InChI is InChI=1S/C21H23ClN6O3S.C16H15ClN6OS.C14H9ClN4O2S.C9H5ClN2O2S.C7H16N2O2.C5H5ClN2.4CH4/c1-21(2,3)31-20(30)26-8-7-25-18(29)14-9-13(10-23-11-14)16-12-27-19(32-16)28-17-15(22)5-4-6-24-17;17-12-2-1-4-20-14(12)23-16-22-9-13(25-16)10-6-11(8-19-7-10)15(24)21-5-3-18;15-10-2-1-3-17-12(10)19-14-18-7-11(22-14)8-4-9(13(20)21)6-16-5-8;10-9-12-4-7(15-9)5-1-6(8(13)14)3-11-2-5;1-7(2,3)11-6(10)9-5-4-8;6-4-2-1-3-8-5(4)7;;;;/h4-6,9-12H,7-8H2,1-3H3,(H,25,29)(H,26,30)(H,24,27,28);1-2,4,6-9H,3,5,18H2,(H,21,24)(H,20,22,23);1-7H,(H,20,21)(H,17,18,19);1-4H,(H,13,14);4-5,8H2,1-3H3,(H,9,10);1-3H,(H2,7,8);4*1H4. The number of carbonyl (C=O) groups excluding carboxylic acids is 4. The van der Waals surface area contributed by atoms with Crippen LogP contribution >= 0.6 is 103 Å². The molecule has 117 heavy (non-hydrogen) atoms. The van der Waals surface area contributed by atoms with Crippen LogP contribution in [0.5, 0.6) is 0 Å². The second-order valence-corrected chi connectivity index (χ2v) is 30.6. The summed E-state index contributed by atoms with van der Waals surface area (Å²) in [6, 6.07) is 20.5. The summed E-state index contributed by atoms with van der Waals surface area (Å²) >= 11 is 34.9. The number of aromatic carboxylic acids is 2. The molecule has 15 N–H and O–H groups in total. The van der Waals surface area contributed by atoms with Crippen LogP contribution < -0.4 is 54.4 Å². The summed E-state index contributed by atoms with van der Waals surface area (Å²) in [6.45, 7) is 13.0. The molecule has 0 fully saturated rings. The summed E-state index contributed by atoms with van der Waals surface area (Å²) in [7, 11) is 0. The van der Waals surface area contributed by atoms with Gasteiger partial charge in [0.1, 0.15) is 17.0 Å². The summed E-state index contributed by atoms with van der Waals surface area (Å²) in [5.74, 6) is -0.565. The normalized spacial score (nSPS) is 10.2. The first-order chi connectivity index (χ1) is 53.9. The van der Waals surface area contributed by atoms with Crippen molar-refractivity contribution < 1.29 is 48.5 Å². The number of ether oxygens (including phenoxy) is 2. The van der Waals surface area contributed by atoms with E-state index in [-0.39, 0.29) is 65.7 Å². The molecule has 0 bridgehead atoms. The van der Waals surface area contributed by atoms with E-state index in [1.807, 2.05) is 20.8 Å². The number of nitrogens with two attached hydrogens (primary N) is 3. The van der Waals surface area contributed by atoms with Gasteiger partial charge >= 0.3 is 24.1 Å². The first-order valence-electron chi connectivity index (χ1n) is 33.1. The Balaban J connectivity index is 0.000000378. The van der Waals surface area contributed by atoms with E-state index in [1.165, 1.54) is 70.1 Å². The number of thiazole rings is 4. The van der Waals surface area contributed by atoms with Gasteiger partial charge in [-0.15, -0.1) is 11.3 Å². The van der Waals surface area contributed by atoms with Gasteiger partial charge in [-0.25, -0.2) is 59.0 Å². The fraction of sp³-hybridized carbons (Fsp3) is 0.237. The number of nitrogen functional groups attached to an aromatic ring is 1. The van der Waals surface area contributed by atoms with Gasteiger partial charge in [0, 0.05) is 161 Å². The molecule has 4 amide bonds. The van der Waals surface area contributed by atoms with Crippen LogP contribution in [0, 0.1) is 0 Å². The molecule has 0 saturated heterocycles. The lowest BCUT2D eigenvalue weighted by atomic mass is 10.2. The maximum Gasteiger partial charge on any atom is 0.407 e. The minimum Gasteiger partial charge on any atom is -0.478 e. The van der Waals surface area contributed by atoms with Crippen LogP contribution in [0.4, 0.5) is 48.3 Å². The number of amides is 4. The molecule has 0 aromatic carbocycles. The van der Waals surface area contributed by atoms with Gasteiger partial charge < -0.3 is 74.1 Å². The van der Waals surface area contributed by atoms with Gasteiger partial charge in [-0.05, 0) is 114 Å². The molecule has 0 saturated carbocycles. The Morgan fingerprint density at radius 2 is 0.692 bits per heavy atom. The zero-order valence-corrected chi connectivity index (χ0v) is 67.7. The maximum absolute atomic E-state index is 12.4. The number of pyridine rings is 8. The number of carboxylic acids is 2. The van der Waals surface area contributed by atoms with Crippen molar-refractivity contribution in [1.82, 2.24) is 81.1 Å². The van der Waals surface area contributed by atoms with Crippen LogP contribution in [-0.4, -0.2) is 156 Å². The summed E-state index contributed by atoms with van der Waals surface area (Å²) in [6.07, 6.45) is 24.3. The molecule has 41 heteroatoms. The third kappa shape index (κ3) is 35.0. The number of hydrogen-bond acceptors (Lipinski definition) is 30. The Morgan fingerprint density at radius 1 is 0.393 bits per heavy atom. The monoisotopic (exact) mass is 1770 g/mol. The van der Waals surface area contributed by atoms with E-state index in [0.717, 1.165) is 30.6 Å². The number of halogens is 5. The highest BCUT2D eigenvalue weighted by Gasteiger charge is 2.19. The van der Waals surface area contributed by atoms with Gasteiger partial charge in [-0.2, -0.15) is 0 Å². The van der Waals surface area contributed by atoms with Gasteiger partial charge in [0.2, 0.25) is 0 Å². The molecular formula is C76H89Cl5N22O10S4. The number of nitrogens with zero attached hydrogens (tertiary/aromatic N) is 12. The molecule has 12 aromatic heterocycles. The van der Waals surface area contributed by atoms with Crippen molar-refractivity contribution in [2.45, 2.75) is 82.5 Å². The number of carboxylic acid groups (broad SMARTS) is 2. The van der Waals surface area contributed by atoms with Crippen LogP contribution in [0.2, 0.25) is 24.6 Å². The molecule has 0 aliphatic carbocycles. The van der Waals surface area contributed by atoms with Gasteiger partial charge in [-0.3, -0.25) is 29.5 Å². The fourth-order valence-corrected chi connectivity index (χ4v) is 12.2. The van der Waals surface area contributed by atoms with Crippen molar-refractivity contribution in [3.8, 4) is 41.8 Å². The number of aromatic nitrogens is 12. The highest BCUT2D eigenvalue weighted by molar-refractivity contribution is 7.20. The van der Waals surface area contributed by atoms with E-state index in [0.29, 0.717) is 112 Å². The Labute approximate surface area is 717 Å². The van der Waals surface area contributed by atoms with Crippen LogP contribution in [0.25, 0.3) is 41.8 Å². The molecule has 0 atom stereocenters. The second-order valence-electron chi connectivity index (χ2n) is 24.2. The molecule has 12 rings (SSSR count). The second kappa shape index (κ2) is 50.2. The average molecular weight is 1780 g/mol. The van der Waals surface area contributed by atoms with E-state index >= 15 is 0 Å². The quantitative estimate of drug-likeness (QED) is 0.0297. The van der Waals surface area contributed by atoms with Crippen molar-refractivity contribution in [1.29, 1.82) is 0 Å². The van der Waals surface area contributed by atoms with Crippen molar-refractivity contribution in [2.24, 2.45) is 11.5 Å². The predicted octanol–water partition coefficient (Wildman–Crippen LogP) is 17.5. The minimum absolute atomic E-state index is 0. The van der Waals surface area contributed by atoms with Crippen LogP contribution in [0.3, 0.4) is 0 Å². The number of alkyl carbamates (subject to hydrolysis) is 2. The number of carbonyl (C=O) groups is 6. The summed E-state index contributed by atoms with van der Waals surface area (Å²) < 4.78 is 10.5. The van der Waals surface area contributed by atoms with Gasteiger partial charge in [0.05, 0.1) is 61.9 Å². The van der Waals surface area contributed by atoms with Gasteiger partial charge in [0.15, 0.2) is 37.3 Å². The van der Waals surface area contributed by atoms with Crippen LogP contribution in [-0.2, 0) is 9.47 Å². The summed E-state index contributed by atoms with van der Waals surface area (Å²) in [5.41, 5.74) is 18.9. The third-order valence-corrected chi connectivity index (χ3v) is 18.4.